The van der Waals surface area contributed by atoms with E-state index in [0.717, 1.165) is 12.1 Å². The Morgan fingerprint density at radius 3 is 2.71 bits per heavy atom. The molecule has 0 aliphatic heterocycles. The maximum absolute atomic E-state index is 11.4. The van der Waals surface area contributed by atoms with Crippen LogP contribution < -0.4 is 0 Å². The molecule has 1 aliphatic carbocycles. The van der Waals surface area contributed by atoms with Gasteiger partial charge in [-0.3, -0.25) is 9.79 Å². The Labute approximate surface area is 85.6 Å². The fourth-order valence-corrected chi connectivity index (χ4v) is 1.91. The highest BCUT2D eigenvalue weighted by Crippen LogP contribution is 2.31. The van der Waals surface area contributed by atoms with Crippen LogP contribution in [0.25, 0.3) is 0 Å². The number of methoxy groups -OCH3 is 1. The third kappa shape index (κ3) is 3.58. The molecule has 0 radical (unpaired) electrons. The third-order valence-electron chi connectivity index (χ3n) is 2.39. The van der Waals surface area contributed by atoms with Crippen LogP contribution in [0.4, 0.5) is 0 Å². The van der Waals surface area contributed by atoms with Crippen molar-refractivity contribution < 1.29 is 9.53 Å². The molecule has 14 heavy (non-hydrogen) atoms. The number of carbonyl (C=O) groups excluding carboxylic acids is 1. The van der Waals surface area contributed by atoms with E-state index in [2.05, 4.69) is 18.8 Å². The summed E-state index contributed by atoms with van der Waals surface area (Å²) in [5, 5.41) is 0. The van der Waals surface area contributed by atoms with E-state index in [1.165, 1.54) is 0 Å². The number of rotatable bonds is 3. The van der Waals surface area contributed by atoms with Crippen LogP contribution in [0, 0.1) is 5.41 Å². The minimum Gasteiger partial charge on any atom is -0.383 e. The maximum atomic E-state index is 11.4. The van der Waals surface area contributed by atoms with Gasteiger partial charge in [-0.2, -0.15) is 0 Å². The van der Waals surface area contributed by atoms with E-state index in [-0.39, 0.29) is 5.41 Å². The second kappa shape index (κ2) is 4.69. The molecule has 0 heterocycles. The van der Waals surface area contributed by atoms with Crippen LogP contribution in [0.3, 0.4) is 0 Å². The van der Waals surface area contributed by atoms with Crippen LogP contribution in [0.2, 0.25) is 0 Å². The summed E-state index contributed by atoms with van der Waals surface area (Å²) in [6.45, 7) is 5.55. The average Bonchev–Trinajstić information content (AvgIpc) is 2.00. The first-order valence-electron chi connectivity index (χ1n) is 5.06. The predicted molar refractivity (Wildman–Crippen MR) is 56.8 cm³/mol. The van der Waals surface area contributed by atoms with Gasteiger partial charge in [-0.05, 0) is 11.8 Å². The number of carbonyl (C=O) groups is 1. The fraction of sp³-hybridized carbons (Fsp3) is 0.818. The second-order valence-electron chi connectivity index (χ2n) is 4.67. The van der Waals surface area contributed by atoms with Crippen molar-refractivity contribution >= 4 is 11.5 Å². The summed E-state index contributed by atoms with van der Waals surface area (Å²) in [4.78, 5) is 15.8. The van der Waals surface area contributed by atoms with E-state index in [0.29, 0.717) is 31.8 Å². The van der Waals surface area contributed by atoms with Crippen LogP contribution in [0.5, 0.6) is 0 Å². The maximum Gasteiger partial charge on any atom is 0.139 e. The smallest absolute Gasteiger partial charge is 0.139 e. The van der Waals surface area contributed by atoms with Gasteiger partial charge >= 0.3 is 0 Å². The van der Waals surface area contributed by atoms with E-state index in [1.807, 2.05) is 0 Å². The summed E-state index contributed by atoms with van der Waals surface area (Å²) in [6, 6.07) is 0. The molecule has 1 saturated carbocycles. The van der Waals surface area contributed by atoms with Crippen LogP contribution in [-0.2, 0) is 9.53 Å². The van der Waals surface area contributed by atoms with Crippen molar-refractivity contribution in [2.45, 2.75) is 33.1 Å². The lowest BCUT2D eigenvalue weighted by atomic mass is 9.76. The Kier molecular flexibility index (Phi) is 3.81. The molecule has 0 unspecified atom stereocenters. The van der Waals surface area contributed by atoms with Crippen LogP contribution >= 0.6 is 0 Å². The first-order valence-corrected chi connectivity index (χ1v) is 5.06. The van der Waals surface area contributed by atoms with Crippen molar-refractivity contribution in [1.82, 2.24) is 0 Å². The van der Waals surface area contributed by atoms with Gasteiger partial charge in [0, 0.05) is 25.7 Å². The Morgan fingerprint density at radius 1 is 1.43 bits per heavy atom. The Balaban J connectivity index is 2.53. The summed E-state index contributed by atoms with van der Waals surface area (Å²) in [5.41, 5.74) is 1.14. The number of hydrogen-bond acceptors (Lipinski definition) is 3. The van der Waals surface area contributed by atoms with Gasteiger partial charge in [-0.15, -0.1) is 0 Å². The van der Waals surface area contributed by atoms with Gasteiger partial charge in [0.2, 0.25) is 0 Å². The highest BCUT2D eigenvalue weighted by Gasteiger charge is 2.29. The minimum atomic E-state index is 0.0985. The van der Waals surface area contributed by atoms with Crippen molar-refractivity contribution in [2.24, 2.45) is 10.4 Å². The van der Waals surface area contributed by atoms with E-state index in [1.54, 1.807) is 7.11 Å². The highest BCUT2D eigenvalue weighted by atomic mass is 16.5. The summed E-state index contributed by atoms with van der Waals surface area (Å²) in [7, 11) is 1.66. The van der Waals surface area contributed by atoms with Crippen LogP contribution in [0.1, 0.15) is 33.1 Å². The number of nitrogens with zero attached hydrogens (tertiary/aromatic N) is 1. The van der Waals surface area contributed by atoms with Crippen molar-refractivity contribution in [3.05, 3.63) is 0 Å². The molecule has 0 aromatic carbocycles. The van der Waals surface area contributed by atoms with Gasteiger partial charge in [0.05, 0.1) is 13.2 Å². The molecule has 80 valence electrons. The lowest BCUT2D eigenvalue weighted by Gasteiger charge is -2.29. The summed E-state index contributed by atoms with van der Waals surface area (Å²) in [5.74, 6) is 0.317. The summed E-state index contributed by atoms with van der Waals surface area (Å²) >= 11 is 0. The molecule has 3 heteroatoms. The monoisotopic (exact) mass is 197 g/mol. The predicted octanol–water partition coefficient (Wildman–Crippen LogP) is 1.85. The Morgan fingerprint density at radius 2 is 2.14 bits per heavy atom. The molecular formula is C11H19NO2. The van der Waals surface area contributed by atoms with E-state index >= 15 is 0 Å². The first kappa shape index (κ1) is 11.4. The van der Waals surface area contributed by atoms with Gasteiger partial charge in [0.15, 0.2) is 0 Å². The third-order valence-corrected chi connectivity index (χ3v) is 2.39. The standard InChI is InChI=1S/C11H19NO2/c1-11(2)7-9(6-10(13)8-11)12-4-5-14-3/h4-8H2,1-3H3. The van der Waals surface area contributed by atoms with Gasteiger partial charge in [-0.1, -0.05) is 13.8 Å². The van der Waals surface area contributed by atoms with Crippen molar-refractivity contribution in [3.63, 3.8) is 0 Å². The molecule has 0 aromatic heterocycles. The zero-order valence-electron chi connectivity index (χ0n) is 9.30. The molecule has 1 aliphatic rings. The largest absolute Gasteiger partial charge is 0.383 e. The summed E-state index contributed by atoms with van der Waals surface area (Å²) in [6.07, 6.45) is 2.19. The van der Waals surface area contributed by atoms with Gasteiger partial charge < -0.3 is 4.74 Å². The van der Waals surface area contributed by atoms with Gasteiger partial charge in [0.1, 0.15) is 5.78 Å². The van der Waals surface area contributed by atoms with Gasteiger partial charge in [0.25, 0.3) is 0 Å². The number of hydrogen-bond donors (Lipinski definition) is 0. The minimum absolute atomic E-state index is 0.0985. The van der Waals surface area contributed by atoms with E-state index in [9.17, 15) is 4.79 Å². The molecule has 1 rings (SSSR count). The topological polar surface area (TPSA) is 38.7 Å². The molecule has 3 nitrogen and oxygen atoms in total. The SMILES string of the molecule is COCCN=C1CC(=O)CC(C)(C)C1. The van der Waals surface area contributed by atoms with E-state index < -0.39 is 0 Å². The second-order valence-corrected chi connectivity index (χ2v) is 4.67. The summed E-state index contributed by atoms with van der Waals surface area (Å²) < 4.78 is 4.92. The number of Topliss-reactive ketones (excluding diaryl/α,β-unsaturated/α-hetero) is 1. The van der Waals surface area contributed by atoms with Crippen LogP contribution in [-0.4, -0.2) is 31.8 Å². The molecule has 0 saturated heterocycles. The normalized spacial score (nSPS) is 24.2. The van der Waals surface area contributed by atoms with Crippen LogP contribution in [0.15, 0.2) is 4.99 Å². The lowest BCUT2D eigenvalue weighted by Crippen LogP contribution is -2.29. The first-order chi connectivity index (χ1) is 6.53. The Hall–Kier alpha value is -0.700. The average molecular weight is 197 g/mol. The molecule has 0 amide bonds. The Bertz CT molecular complexity index is 244. The molecule has 0 spiro atoms. The fourth-order valence-electron chi connectivity index (χ4n) is 1.91. The van der Waals surface area contributed by atoms with Crippen molar-refractivity contribution in [1.29, 1.82) is 0 Å². The molecular weight excluding hydrogens is 178 g/mol. The molecule has 1 fully saturated rings. The lowest BCUT2D eigenvalue weighted by molar-refractivity contribution is -0.120. The number of aliphatic imine (C=N–C) groups is 1. The molecule has 0 bridgehead atoms. The highest BCUT2D eigenvalue weighted by molar-refractivity contribution is 6.04. The zero-order chi connectivity index (χ0) is 10.6. The quantitative estimate of drug-likeness (QED) is 0.648. The molecule has 0 aromatic rings. The number of ketones is 1. The molecule has 0 atom stereocenters. The zero-order valence-corrected chi connectivity index (χ0v) is 9.30. The van der Waals surface area contributed by atoms with Gasteiger partial charge in [-0.25, -0.2) is 0 Å². The van der Waals surface area contributed by atoms with Crippen molar-refractivity contribution in [2.75, 3.05) is 20.3 Å². The van der Waals surface area contributed by atoms with E-state index in [4.69, 9.17) is 4.74 Å². The number of ether oxygens (including phenoxy) is 1. The van der Waals surface area contributed by atoms with Crippen molar-refractivity contribution in [3.8, 4) is 0 Å². The molecule has 0 N–H and O–H groups in total.